The van der Waals surface area contributed by atoms with Crippen LogP contribution in [0, 0.1) is 0 Å². The van der Waals surface area contributed by atoms with E-state index in [9.17, 15) is 4.79 Å². The largest absolute Gasteiger partial charge is 0.493 e. The van der Waals surface area contributed by atoms with Crippen LogP contribution in [-0.2, 0) is 7.05 Å². The van der Waals surface area contributed by atoms with Crippen LogP contribution >= 0.6 is 0 Å². The molecule has 3 rings (SSSR count). The molecule has 4 N–H and O–H groups in total. The van der Waals surface area contributed by atoms with Gasteiger partial charge in [0.05, 0.1) is 24.2 Å². The van der Waals surface area contributed by atoms with E-state index in [1.807, 2.05) is 48.0 Å². The highest BCUT2D eigenvalue weighted by Gasteiger charge is 2.11. The highest BCUT2D eigenvalue weighted by atomic mass is 16.5. The third-order valence-electron chi connectivity index (χ3n) is 4.38. The number of benzene rings is 2. The molecule has 0 amide bonds. The summed E-state index contributed by atoms with van der Waals surface area (Å²) in [6.45, 7) is 2.29. The molecule has 26 heavy (non-hydrogen) atoms. The number of ether oxygens (including phenoxy) is 2. The molecule has 0 fully saturated rings. The third kappa shape index (κ3) is 3.66. The Balaban J connectivity index is 2.05. The van der Waals surface area contributed by atoms with E-state index in [4.69, 9.17) is 20.9 Å². The van der Waals surface area contributed by atoms with Gasteiger partial charge in [0.25, 0.3) is 0 Å². The Morgan fingerprint density at radius 1 is 0.846 bits per heavy atom. The number of aryl methyl sites for hydroxylation is 1. The van der Waals surface area contributed by atoms with Crippen molar-refractivity contribution in [2.75, 3.05) is 26.3 Å². The maximum absolute atomic E-state index is 12.9. The van der Waals surface area contributed by atoms with E-state index in [-0.39, 0.29) is 5.43 Å². The summed E-state index contributed by atoms with van der Waals surface area (Å²) in [4.78, 5) is 12.9. The molecule has 0 atom stereocenters. The van der Waals surface area contributed by atoms with Crippen LogP contribution in [0.15, 0.2) is 41.2 Å². The fourth-order valence-corrected chi connectivity index (χ4v) is 2.96. The van der Waals surface area contributed by atoms with Crippen molar-refractivity contribution in [2.24, 2.45) is 18.5 Å². The summed E-state index contributed by atoms with van der Waals surface area (Å²) in [7, 11) is 1.94. The van der Waals surface area contributed by atoms with Gasteiger partial charge in [-0.25, -0.2) is 0 Å². The quantitative estimate of drug-likeness (QED) is 0.477. The fraction of sp³-hybridized carbons (Fsp3) is 0.350. The summed E-state index contributed by atoms with van der Waals surface area (Å²) < 4.78 is 13.4. The Morgan fingerprint density at radius 2 is 1.31 bits per heavy atom. The maximum Gasteiger partial charge on any atom is 0.197 e. The van der Waals surface area contributed by atoms with Crippen LogP contribution in [0.5, 0.6) is 11.5 Å². The summed E-state index contributed by atoms with van der Waals surface area (Å²) in [5, 5.41) is 1.34. The summed E-state index contributed by atoms with van der Waals surface area (Å²) in [5.41, 5.74) is 12.7. The van der Waals surface area contributed by atoms with Crippen molar-refractivity contribution in [2.45, 2.75) is 12.8 Å². The zero-order valence-corrected chi connectivity index (χ0v) is 15.0. The SMILES string of the molecule is Cn1c2cc(OCCCN)ccc2c(=O)c2ccc(OCCCN)cc21. The summed E-state index contributed by atoms with van der Waals surface area (Å²) in [6.07, 6.45) is 1.58. The lowest BCUT2D eigenvalue weighted by Crippen LogP contribution is -2.11. The van der Waals surface area contributed by atoms with Crippen LogP contribution in [0.1, 0.15) is 12.8 Å². The van der Waals surface area contributed by atoms with Gasteiger partial charge in [0.2, 0.25) is 0 Å². The number of hydrogen-bond donors (Lipinski definition) is 2. The van der Waals surface area contributed by atoms with E-state index >= 15 is 0 Å². The fourth-order valence-electron chi connectivity index (χ4n) is 2.96. The van der Waals surface area contributed by atoms with E-state index in [2.05, 4.69) is 0 Å². The van der Waals surface area contributed by atoms with Gasteiger partial charge in [-0.3, -0.25) is 4.79 Å². The highest BCUT2D eigenvalue weighted by Crippen LogP contribution is 2.25. The molecule has 0 saturated heterocycles. The first-order valence-corrected chi connectivity index (χ1v) is 8.88. The monoisotopic (exact) mass is 355 g/mol. The Morgan fingerprint density at radius 3 is 1.73 bits per heavy atom. The van der Waals surface area contributed by atoms with Gasteiger partial charge in [0.15, 0.2) is 5.43 Å². The van der Waals surface area contributed by atoms with Crippen LogP contribution in [0.4, 0.5) is 0 Å². The zero-order valence-electron chi connectivity index (χ0n) is 15.0. The van der Waals surface area contributed by atoms with Gasteiger partial charge in [-0.05, 0) is 50.2 Å². The second-order valence-corrected chi connectivity index (χ2v) is 6.23. The molecule has 0 aliphatic carbocycles. The Bertz CT molecular complexity index is 892. The minimum atomic E-state index is 0.00937. The average molecular weight is 355 g/mol. The predicted octanol–water partition coefficient (Wildman–Crippen LogP) is 2.15. The molecule has 6 nitrogen and oxygen atoms in total. The van der Waals surface area contributed by atoms with Crippen LogP contribution in [0.3, 0.4) is 0 Å². The van der Waals surface area contributed by atoms with E-state index in [1.165, 1.54) is 0 Å². The molecule has 0 unspecified atom stereocenters. The molecule has 0 saturated carbocycles. The number of pyridine rings is 1. The molecule has 0 bridgehead atoms. The molecule has 0 radical (unpaired) electrons. The van der Waals surface area contributed by atoms with E-state index in [1.54, 1.807) is 0 Å². The van der Waals surface area contributed by atoms with Crippen molar-refractivity contribution in [1.82, 2.24) is 4.57 Å². The molecular formula is C20H25N3O3. The van der Waals surface area contributed by atoms with Gasteiger partial charge in [0.1, 0.15) is 11.5 Å². The van der Waals surface area contributed by atoms with Crippen molar-refractivity contribution in [3.63, 3.8) is 0 Å². The van der Waals surface area contributed by atoms with Crippen molar-refractivity contribution in [3.05, 3.63) is 46.6 Å². The van der Waals surface area contributed by atoms with Crippen LogP contribution in [0.25, 0.3) is 21.8 Å². The molecule has 0 spiro atoms. The minimum Gasteiger partial charge on any atom is -0.493 e. The van der Waals surface area contributed by atoms with E-state index in [0.717, 1.165) is 35.4 Å². The number of fused-ring (bicyclic) bond motifs is 2. The first-order valence-electron chi connectivity index (χ1n) is 8.88. The number of hydrogen-bond acceptors (Lipinski definition) is 5. The smallest absolute Gasteiger partial charge is 0.197 e. The second kappa shape index (κ2) is 8.21. The van der Waals surface area contributed by atoms with E-state index < -0.39 is 0 Å². The second-order valence-electron chi connectivity index (χ2n) is 6.23. The lowest BCUT2D eigenvalue weighted by molar-refractivity contribution is 0.313. The highest BCUT2D eigenvalue weighted by molar-refractivity contribution is 5.94. The standard InChI is InChI=1S/C20H25N3O3/c1-23-18-12-14(25-10-2-8-21)4-6-16(18)20(24)17-7-5-15(13-19(17)23)26-11-3-9-22/h4-7,12-13H,2-3,8-11,21-22H2,1H3. The minimum absolute atomic E-state index is 0.00937. The molecule has 3 aromatic rings. The Hall–Kier alpha value is -2.57. The number of nitrogens with zero attached hydrogens (tertiary/aromatic N) is 1. The van der Waals surface area contributed by atoms with Gasteiger partial charge in [0, 0.05) is 30.0 Å². The van der Waals surface area contributed by atoms with Gasteiger partial charge >= 0.3 is 0 Å². The van der Waals surface area contributed by atoms with Crippen LogP contribution in [0.2, 0.25) is 0 Å². The summed E-state index contributed by atoms with van der Waals surface area (Å²) in [5.74, 6) is 1.46. The molecule has 0 aliphatic heterocycles. The topological polar surface area (TPSA) is 92.5 Å². The number of nitrogens with two attached hydrogens (primary N) is 2. The molecule has 0 aliphatic rings. The number of rotatable bonds is 8. The first kappa shape index (κ1) is 18.2. The lowest BCUT2D eigenvalue weighted by atomic mass is 10.1. The van der Waals surface area contributed by atoms with Crippen molar-refractivity contribution >= 4 is 21.8 Å². The molecule has 2 aromatic carbocycles. The molecule has 1 heterocycles. The summed E-state index contributed by atoms with van der Waals surface area (Å²) >= 11 is 0. The first-order chi connectivity index (χ1) is 12.7. The van der Waals surface area contributed by atoms with Crippen molar-refractivity contribution in [3.8, 4) is 11.5 Å². The molecular weight excluding hydrogens is 330 g/mol. The van der Waals surface area contributed by atoms with Gasteiger partial charge in [-0.15, -0.1) is 0 Å². The van der Waals surface area contributed by atoms with Crippen molar-refractivity contribution < 1.29 is 9.47 Å². The molecule has 1 aromatic heterocycles. The van der Waals surface area contributed by atoms with Gasteiger partial charge < -0.3 is 25.5 Å². The average Bonchev–Trinajstić information content (AvgIpc) is 2.66. The zero-order chi connectivity index (χ0) is 18.5. The lowest BCUT2D eigenvalue weighted by Gasteiger charge is -2.14. The Kier molecular flexibility index (Phi) is 5.75. The van der Waals surface area contributed by atoms with Crippen LogP contribution in [-0.4, -0.2) is 30.9 Å². The summed E-state index contributed by atoms with van der Waals surface area (Å²) in [6, 6.07) is 11.1. The van der Waals surface area contributed by atoms with E-state index in [0.29, 0.717) is 37.1 Å². The normalized spacial score (nSPS) is 11.2. The Labute approximate surface area is 152 Å². The van der Waals surface area contributed by atoms with Gasteiger partial charge in [-0.2, -0.15) is 0 Å². The molecule has 6 heteroatoms. The number of aromatic nitrogens is 1. The third-order valence-corrected chi connectivity index (χ3v) is 4.38. The van der Waals surface area contributed by atoms with Gasteiger partial charge in [-0.1, -0.05) is 0 Å². The van der Waals surface area contributed by atoms with Crippen molar-refractivity contribution in [1.29, 1.82) is 0 Å². The predicted molar refractivity (Wildman–Crippen MR) is 105 cm³/mol. The maximum atomic E-state index is 12.9. The van der Waals surface area contributed by atoms with Crippen LogP contribution < -0.4 is 26.4 Å². The molecule has 138 valence electrons.